The molecule has 1 aromatic carbocycles. The molecule has 5 heteroatoms. The van der Waals surface area contributed by atoms with Gasteiger partial charge in [0.1, 0.15) is 12.4 Å². The number of nitrogens with one attached hydrogen (secondary N) is 2. The molecule has 0 heterocycles. The Morgan fingerprint density at radius 1 is 1.04 bits per heavy atom. The van der Waals surface area contributed by atoms with Crippen molar-refractivity contribution >= 4 is 5.91 Å². The first-order valence-electron chi connectivity index (χ1n) is 9.03. The number of amides is 1. The summed E-state index contributed by atoms with van der Waals surface area (Å²) in [6.45, 7) is 2.54. The van der Waals surface area contributed by atoms with Crippen molar-refractivity contribution in [1.82, 2.24) is 10.6 Å². The highest BCUT2D eigenvalue weighted by Crippen LogP contribution is 2.16. The van der Waals surface area contributed by atoms with Gasteiger partial charge in [-0.15, -0.1) is 0 Å². The molecule has 2 rings (SSSR count). The number of benzene rings is 1. The van der Waals surface area contributed by atoms with Crippen molar-refractivity contribution in [3.05, 3.63) is 29.8 Å². The van der Waals surface area contributed by atoms with Gasteiger partial charge in [-0.1, -0.05) is 25.7 Å². The Morgan fingerprint density at radius 2 is 1.75 bits per heavy atom. The van der Waals surface area contributed by atoms with Crippen LogP contribution in [0.3, 0.4) is 0 Å². The molecule has 1 fully saturated rings. The predicted octanol–water partition coefficient (Wildman–Crippen LogP) is 2.75. The van der Waals surface area contributed by atoms with Crippen LogP contribution in [0.5, 0.6) is 5.75 Å². The van der Waals surface area contributed by atoms with E-state index in [4.69, 9.17) is 9.47 Å². The molecule has 0 aliphatic heterocycles. The zero-order valence-electron chi connectivity index (χ0n) is 14.7. The minimum Gasteiger partial charge on any atom is -0.491 e. The molecule has 0 bridgehead atoms. The van der Waals surface area contributed by atoms with Gasteiger partial charge in [0.2, 0.25) is 0 Å². The number of rotatable bonds is 9. The van der Waals surface area contributed by atoms with Crippen molar-refractivity contribution in [3.8, 4) is 5.75 Å². The van der Waals surface area contributed by atoms with Crippen LogP contribution in [0.2, 0.25) is 0 Å². The molecule has 1 amide bonds. The van der Waals surface area contributed by atoms with E-state index in [9.17, 15) is 4.79 Å². The Bertz CT molecular complexity index is 468. The highest BCUT2D eigenvalue weighted by atomic mass is 16.5. The third-order valence-corrected chi connectivity index (χ3v) is 4.37. The summed E-state index contributed by atoms with van der Waals surface area (Å²) in [6, 6.07) is 7.82. The van der Waals surface area contributed by atoms with Gasteiger partial charge in [0.15, 0.2) is 0 Å². The average Bonchev–Trinajstić information content (AvgIpc) is 2.88. The summed E-state index contributed by atoms with van der Waals surface area (Å²) >= 11 is 0. The lowest BCUT2D eigenvalue weighted by molar-refractivity contribution is 0.0953. The van der Waals surface area contributed by atoms with Crippen molar-refractivity contribution < 1.29 is 14.3 Å². The molecule has 2 N–H and O–H groups in total. The fourth-order valence-corrected chi connectivity index (χ4v) is 2.98. The second-order valence-electron chi connectivity index (χ2n) is 6.26. The van der Waals surface area contributed by atoms with Crippen LogP contribution in [0.25, 0.3) is 0 Å². The Labute approximate surface area is 145 Å². The van der Waals surface area contributed by atoms with Gasteiger partial charge in [0.25, 0.3) is 5.91 Å². The molecule has 24 heavy (non-hydrogen) atoms. The Hall–Kier alpha value is -1.59. The van der Waals surface area contributed by atoms with Crippen LogP contribution in [-0.2, 0) is 4.74 Å². The SMILES string of the molecule is COCCOc1ccc(C(=O)NCCNC2CCCCCC2)cc1. The van der Waals surface area contributed by atoms with Gasteiger partial charge in [-0.2, -0.15) is 0 Å². The van der Waals surface area contributed by atoms with E-state index in [-0.39, 0.29) is 5.91 Å². The molecule has 0 unspecified atom stereocenters. The van der Waals surface area contributed by atoms with Crippen LogP contribution < -0.4 is 15.4 Å². The molecule has 0 radical (unpaired) electrons. The summed E-state index contributed by atoms with van der Waals surface area (Å²) < 4.78 is 10.4. The number of carbonyl (C=O) groups is 1. The van der Waals surface area contributed by atoms with Crippen LogP contribution in [-0.4, -0.2) is 45.4 Å². The first kappa shape index (κ1) is 18.7. The fraction of sp³-hybridized carbons (Fsp3) is 0.632. The van der Waals surface area contributed by atoms with Crippen molar-refractivity contribution in [1.29, 1.82) is 0 Å². The van der Waals surface area contributed by atoms with E-state index in [1.807, 2.05) is 12.1 Å². The fourth-order valence-electron chi connectivity index (χ4n) is 2.98. The summed E-state index contributed by atoms with van der Waals surface area (Å²) in [5.74, 6) is 0.708. The average molecular weight is 334 g/mol. The second kappa shape index (κ2) is 11.0. The maximum Gasteiger partial charge on any atom is 0.251 e. The highest BCUT2D eigenvalue weighted by Gasteiger charge is 2.11. The smallest absolute Gasteiger partial charge is 0.251 e. The van der Waals surface area contributed by atoms with E-state index in [2.05, 4.69) is 10.6 Å². The molecular formula is C19H30N2O3. The van der Waals surface area contributed by atoms with Crippen LogP contribution >= 0.6 is 0 Å². The molecule has 0 atom stereocenters. The van der Waals surface area contributed by atoms with Gasteiger partial charge < -0.3 is 20.1 Å². The summed E-state index contributed by atoms with van der Waals surface area (Å²) in [5.41, 5.74) is 0.656. The van der Waals surface area contributed by atoms with Crippen molar-refractivity contribution in [2.45, 2.75) is 44.6 Å². The zero-order valence-corrected chi connectivity index (χ0v) is 14.7. The number of ether oxygens (including phenoxy) is 2. The topological polar surface area (TPSA) is 59.6 Å². The third-order valence-electron chi connectivity index (χ3n) is 4.37. The maximum absolute atomic E-state index is 12.1. The summed E-state index contributed by atoms with van der Waals surface area (Å²) in [5, 5.41) is 6.52. The molecule has 1 aliphatic carbocycles. The summed E-state index contributed by atoms with van der Waals surface area (Å²) in [6.07, 6.45) is 7.89. The van der Waals surface area contributed by atoms with Gasteiger partial charge in [0, 0.05) is 31.8 Å². The lowest BCUT2D eigenvalue weighted by Gasteiger charge is -2.16. The lowest BCUT2D eigenvalue weighted by atomic mass is 10.1. The number of hydrogen-bond acceptors (Lipinski definition) is 4. The van der Waals surface area contributed by atoms with Gasteiger partial charge in [0.05, 0.1) is 6.61 Å². The van der Waals surface area contributed by atoms with E-state index in [1.54, 1.807) is 19.2 Å². The largest absolute Gasteiger partial charge is 0.491 e. The second-order valence-corrected chi connectivity index (χ2v) is 6.26. The normalized spacial score (nSPS) is 15.7. The van der Waals surface area contributed by atoms with E-state index < -0.39 is 0 Å². The van der Waals surface area contributed by atoms with E-state index in [0.717, 1.165) is 12.3 Å². The van der Waals surface area contributed by atoms with Crippen molar-refractivity contribution in [3.63, 3.8) is 0 Å². The van der Waals surface area contributed by atoms with Crippen molar-refractivity contribution in [2.75, 3.05) is 33.4 Å². The van der Waals surface area contributed by atoms with E-state index >= 15 is 0 Å². The Balaban J connectivity index is 1.64. The van der Waals surface area contributed by atoms with Gasteiger partial charge in [-0.3, -0.25) is 4.79 Å². The van der Waals surface area contributed by atoms with Gasteiger partial charge >= 0.3 is 0 Å². The van der Waals surface area contributed by atoms with Crippen LogP contribution in [0, 0.1) is 0 Å². The number of carbonyl (C=O) groups excluding carboxylic acids is 1. The predicted molar refractivity (Wildman–Crippen MR) is 95.6 cm³/mol. The molecule has 0 saturated heterocycles. The quantitative estimate of drug-likeness (QED) is 0.538. The molecule has 1 saturated carbocycles. The van der Waals surface area contributed by atoms with E-state index in [0.29, 0.717) is 31.4 Å². The lowest BCUT2D eigenvalue weighted by Crippen LogP contribution is -2.36. The van der Waals surface area contributed by atoms with Crippen LogP contribution in [0.15, 0.2) is 24.3 Å². The molecule has 0 aromatic heterocycles. The minimum absolute atomic E-state index is 0.0406. The van der Waals surface area contributed by atoms with E-state index in [1.165, 1.54) is 38.5 Å². The third kappa shape index (κ3) is 6.89. The zero-order chi connectivity index (χ0) is 17.0. The van der Waals surface area contributed by atoms with Crippen molar-refractivity contribution in [2.24, 2.45) is 0 Å². The minimum atomic E-state index is -0.0406. The number of methoxy groups -OCH3 is 1. The summed E-state index contributed by atoms with van der Waals surface area (Å²) in [4.78, 5) is 12.1. The molecule has 1 aromatic rings. The van der Waals surface area contributed by atoms with Gasteiger partial charge in [-0.25, -0.2) is 0 Å². The molecule has 1 aliphatic rings. The monoisotopic (exact) mass is 334 g/mol. The molecule has 134 valence electrons. The Kier molecular flexibility index (Phi) is 8.63. The molecule has 5 nitrogen and oxygen atoms in total. The molecule has 0 spiro atoms. The van der Waals surface area contributed by atoms with Gasteiger partial charge in [-0.05, 0) is 37.1 Å². The van der Waals surface area contributed by atoms with Crippen LogP contribution in [0.4, 0.5) is 0 Å². The standard InChI is InChI=1S/C19H30N2O3/c1-23-14-15-24-18-10-8-16(9-11-18)19(22)21-13-12-20-17-6-4-2-3-5-7-17/h8-11,17,20H,2-7,12-15H2,1H3,(H,21,22). The van der Waals surface area contributed by atoms with Crippen LogP contribution in [0.1, 0.15) is 48.9 Å². The molecular weight excluding hydrogens is 304 g/mol. The summed E-state index contributed by atoms with van der Waals surface area (Å²) in [7, 11) is 1.64. The first-order chi connectivity index (χ1) is 11.8. The number of hydrogen-bond donors (Lipinski definition) is 2. The maximum atomic E-state index is 12.1. The Morgan fingerprint density at radius 3 is 2.42 bits per heavy atom. The first-order valence-corrected chi connectivity index (χ1v) is 9.03. The highest BCUT2D eigenvalue weighted by molar-refractivity contribution is 5.94.